The first-order chi connectivity index (χ1) is 19.9. The van der Waals surface area contributed by atoms with E-state index >= 15 is 0 Å². The summed E-state index contributed by atoms with van der Waals surface area (Å²) in [5.41, 5.74) is 1.43. The maximum absolute atomic E-state index is 13.9. The highest BCUT2D eigenvalue weighted by atomic mass is 19.1. The molecule has 2 aliphatic heterocycles. The Kier molecular flexibility index (Phi) is 9.02. The van der Waals surface area contributed by atoms with Crippen LogP contribution in [0.2, 0.25) is 0 Å². The Morgan fingerprint density at radius 1 is 0.951 bits per heavy atom. The third-order valence-corrected chi connectivity index (χ3v) is 8.26. The minimum absolute atomic E-state index is 0.0767. The van der Waals surface area contributed by atoms with Crippen LogP contribution in [-0.4, -0.2) is 90.6 Å². The average Bonchev–Trinajstić information content (AvgIpc) is 3.02. The molecule has 0 atom stereocenters. The zero-order chi connectivity index (χ0) is 28.9. The van der Waals surface area contributed by atoms with E-state index < -0.39 is 30.7 Å². The summed E-state index contributed by atoms with van der Waals surface area (Å²) in [4.78, 5) is 45.3. The van der Waals surface area contributed by atoms with E-state index in [0.29, 0.717) is 31.4 Å². The fourth-order valence-electron chi connectivity index (χ4n) is 5.79. The number of hydrogen-bond acceptors (Lipinski definition) is 6. The van der Waals surface area contributed by atoms with E-state index in [4.69, 9.17) is 4.74 Å². The number of carbonyl (C=O) groups excluding carboxylic acids is 1. The quantitative estimate of drug-likeness (QED) is 0.350. The first kappa shape index (κ1) is 28.8. The number of likely N-dealkylation sites (N-methyl/N-ethyl adjacent to an activating group) is 1. The lowest BCUT2D eigenvalue weighted by molar-refractivity contribution is -0.119. The Hall–Kier alpha value is -3.73. The number of carbonyl (C=O) groups is 1. The van der Waals surface area contributed by atoms with E-state index in [9.17, 15) is 23.2 Å². The molecule has 5 rings (SSSR count). The molecule has 3 heterocycles. The molecule has 0 spiro atoms. The predicted molar refractivity (Wildman–Crippen MR) is 155 cm³/mol. The fraction of sp³-hybridized carbons (Fsp3) is 0.500. The van der Waals surface area contributed by atoms with E-state index in [-0.39, 0.29) is 23.7 Å². The molecule has 2 aromatic carbocycles. The molecule has 1 aromatic heterocycles. The smallest absolute Gasteiger partial charge is 0.332 e. The summed E-state index contributed by atoms with van der Waals surface area (Å²) in [5, 5.41) is 0.238. The van der Waals surface area contributed by atoms with Crippen molar-refractivity contribution in [2.45, 2.75) is 38.5 Å². The normalized spacial score (nSPS) is 17.0. The van der Waals surface area contributed by atoms with Crippen molar-refractivity contribution in [2.24, 2.45) is 0 Å². The van der Waals surface area contributed by atoms with Gasteiger partial charge in [-0.25, -0.2) is 13.6 Å². The topological polar surface area (TPSA) is 80.0 Å². The highest BCUT2D eigenvalue weighted by Gasteiger charge is 2.25. The minimum Gasteiger partial charge on any atom is -0.485 e. The van der Waals surface area contributed by atoms with Crippen molar-refractivity contribution in [1.29, 1.82) is 0 Å². The van der Waals surface area contributed by atoms with Crippen molar-refractivity contribution in [3.8, 4) is 5.75 Å². The molecular weight excluding hydrogens is 532 g/mol. The minimum atomic E-state index is -1.27. The maximum atomic E-state index is 13.9. The van der Waals surface area contributed by atoms with Gasteiger partial charge in [-0.2, -0.15) is 0 Å². The van der Waals surface area contributed by atoms with Crippen LogP contribution in [0.1, 0.15) is 31.4 Å². The first-order valence-electron chi connectivity index (χ1n) is 14.3. The molecular formula is C30H37F2N5O4. The van der Waals surface area contributed by atoms with Crippen molar-refractivity contribution in [3.05, 3.63) is 68.9 Å². The lowest BCUT2D eigenvalue weighted by atomic mass is 10.0. The molecule has 1 amide bonds. The van der Waals surface area contributed by atoms with Gasteiger partial charge in [0, 0.05) is 51.0 Å². The number of ether oxygens (including phenoxy) is 1. The number of likely N-dealkylation sites (tertiary alicyclic amines) is 1. The van der Waals surface area contributed by atoms with Gasteiger partial charge in [0.25, 0.3) is 5.56 Å². The zero-order valence-corrected chi connectivity index (χ0v) is 23.4. The molecule has 0 unspecified atom stereocenters. The summed E-state index contributed by atoms with van der Waals surface area (Å²) in [5.74, 6) is 0.162. The summed E-state index contributed by atoms with van der Waals surface area (Å²) in [7, 11) is 0. The number of alkyl halides is 2. The molecule has 41 heavy (non-hydrogen) atoms. The molecule has 0 N–H and O–H groups in total. The number of nitrogens with zero attached hydrogens (tertiary/aromatic N) is 5. The van der Waals surface area contributed by atoms with Crippen LogP contribution >= 0.6 is 0 Å². The van der Waals surface area contributed by atoms with Crippen LogP contribution in [0.15, 0.2) is 52.1 Å². The molecule has 2 fully saturated rings. The third kappa shape index (κ3) is 6.14. The zero-order valence-electron chi connectivity index (χ0n) is 23.4. The number of rotatable bonds is 10. The number of fused-ring (bicyclic) bond motifs is 1. The van der Waals surface area contributed by atoms with Crippen LogP contribution in [0.5, 0.6) is 5.75 Å². The molecule has 2 saturated heterocycles. The van der Waals surface area contributed by atoms with E-state index in [1.54, 1.807) is 15.5 Å². The molecule has 2 aliphatic rings. The molecule has 0 saturated carbocycles. The van der Waals surface area contributed by atoms with E-state index in [1.807, 2.05) is 24.3 Å². The Morgan fingerprint density at radius 2 is 1.63 bits per heavy atom. The molecule has 0 aliphatic carbocycles. The number of aromatic nitrogens is 2. The number of hydrogen-bond donors (Lipinski definition) is 0. The van der Waals surface area contributed by atoms with Gasteiger partial charge < -0.3 is 19.4 Å². The van der Waals surface area contributed by atoms with Gasteiger partial charge in [0.2, 0.25) is 6.41 Å². The molecule has 9 nitrogen and oxygen atoms in total. The second-order valence-electron chi connectivity index (χ2n) is 10.7. The van der Waals surface area contributed by atoms with Gasteiger partial charge in [-0.05, 0) is 55.3 Å². The molecule has 11 heteroatoms. The maximum Gasteiger partial charge on any atom is 0.332 e. The summed E-state index contributed by atoms with van der Waals surface area (Å²) in [6, 6.07) is 12.3. The summed E-state index contributed by atoms with van der Waals surface area (Å²) >= 11 is 0. The molecule has 0 radical (unpaired) electrons. The van der Waals surface area contributed by atoms with Crippen LogP contribution in [0.25, 0.3) is 10.9 Å². The molecule has 0 bridgehead atoms. The number of piperidine rings is 1. The van der Waals surface area contributed by atoms with E-state index in [2.05, 4.69) is 16.7 Å². The van der Waals surface area contributed by atoms with Crippen molar-refractivity contribution < 1.29 is 18.3 Å². The summed E-state index contributed by atoms with van der Waals surface area (Å²) in [6.45, 7) is 6.21. The first-order valence-corrected chi connectivity index (χ1v) is 14.3. The third-order valence-electron chi connectivity index (χ3n) is 8.26. The van der Waals surface area contributed by atoms with Crippen molar-refractivity contribution >= 4 is 23.0 Å². The largest absolute Gasteiger partial charge is 0.485 e. The standard InChI is InChI=1S/C30H37F2N5O4/c1-2-33-13-15-35(16-14-33)23-5-3-22(4-6-23)20-36-29(39)27-17-25(41-26(18-31)19-32)7-8-28(27)37(30(36)40)24-9-11-34(21-38)12-10-24/h3-8,17,21,24,26H,2,9-16,18-20H2,1H3. The van der Waals surface area contributed by atoms with Crippen LogP contribution in [0.4, 0.5) is 14.5 Å². The molecule has 3 aromatic rings. The van der Waals surface area contributed by atoms with Crippen molar-refractivity contribution in [3.63, 3.8) is 0 Å². The highest BCUT2D eigenvalue weighted by molar-refractivity contribution is 5.80. The highest BCUT2D eigenvalue weighted by Crippen LogP contribution is 2.26. The van der Waals surface area contributed by atoms with Crippen LogP contribution < -0.4 is 20.9 Å². The van der Waals surface area contributed by atoms with Crippen molar-refractivity contribution in [1.82, 2.24) is 18.9 Å². The fourth-order valence-corrected chi connectivity index (χ4v) is 5.79. The monoisotopic (exact) mass is 569 g/mol. The van der Waals surface area contributed by atoms with Crippen LogP contribution in [-0.2, 0) is 11.3 Å². The number of amides is 1. The number of halogens is 2. The number of piperazine rings is 1. The van der Waals surface area contributed by atoms with Crippen molar-refractivity contribution in [2.75, 3.05) is 64.1 Å². The van der Waals surface area contributed by atoms with Gasteiger partial charge in [-0.3, -0.25) is 18.7 Å². The number of benzene rings is 2. The second-order valence-corrected chi connectivity index (χ2v) is 10.7. The Balaban J connectivity index is 1.50. The lowest BCUT2D eigenvalue weighted by Gasteiger charge is -2.35. The Morgan fingerprint density at radius 3 is 2.24 bits per heavy atom. The van der Waals surface area contributed by atoms with Gasteiger partial charge in [0.1, 0.15) is 19.1 Å². The van der Waals surface area contributed by atoms with E-state index in [1.165, 1.54) is 16.7 Å². The summed E-state index contributed by atoms with van der Waals surface area (Å²) < 4.78 is 34.5. The van der Waals surface area contributed by atoms with Gasteiger partial charge in [-0.15, -0.1) is 0 Å². The Labute approximate surface area is 237 Å². The van der Waals surface area contributed by atoms with Crippen LogP contribution in [0, 0.1) is 0 Å². The second kappa shape index (κ2) is 12.8. The van der Waals surface area contributed by atoms with Crippen LogP contribution in [0.3, 0.4) is 0 Å². The van der Waals surface area contributed by atoms with E-state index in [0.717, 1.165) is 50.4 Å². The van der Waals surface area contributed by atoms with Gasteiger partial charge in [0.15, 0.2) is 6.10 Å². The Bertz CT molecular complexity index is 1450. The van der Waals surface area contributed by atoms with Gasteiger partial charge in [0.05, 0.1) is 17.4 Å². The average molecular weight is 570 g/mol. The van der Waals surface area contributed by atoms with Gasteiger partial charge in [-0.1, -0.05) is 19.1 Å². The summed E-state index contributed by atoms with van der Waals surface area (Å²) in [6.07, 6.45) is 0.671. The van der Waals surface area contributed by atoms with Gasteiger partial charge >= 0.3 is 5.69 Å². The lowest BCUT2D eigenvalue weighted by Crippen LogP contribution is -2.46. The number of anilines is 1. The molecule has 220 valence electrons. The SMILES string of the molecule is CCN1CCN(c2ccc(Cn3c(=O)c4cc(OC(CF)CF)ccc4n(C4CCN(C=O)CC4)c3=O)cc2)CC1. The predicted octanol–water partition coefficient (Wildman–Crippen LogP) is 2.83.